The molecule has 0 amide bonds. The average Bonchev–Trinajstić information content (AvgIpc) is 2.77. The number of H-pyrrole nitrogens is 1. The first-order valence-electron chi connectivity index (χ1n) is 7.04. The molecule has 1 saturated heterocycles. The van der Waals surface area contributed by atoms with Crippen molar-refractivity contribution in [1.29, 1.82) is 0 Å². The maximum atomic E-state index is 12.0. The van der Waals surface area contributed by atoms with E-state index in [1.54, 1.807) is 17.9 Å². The third-order valence-corrected chi connectivity index (χ3v) is 5.21. The SMILES string of the molecule is Cc1cc(C(=O)COC(=O)CN2CCS(=O)(=O)CC2)c(C)[nH]1. The summed E-state index contributed by atoms with van der Waals surface area (Å²) in [5, 5.41) is 0. The van der Waals surface area contributed by atoms with Crippen LogP contribution in [0.1, 0.15) is 21.7 Å². The van der Waals surface area contributed by atoms with E-state index >= 15 is 0 Å². The molecule has 0 aromatic carbocycles. The van der Waals surface area contributed by atoms with Crippen LogP contribution in [-0.4, -0.2) is 67.8 Å². The Labute approximate surface area is 129 Å². The van der Waals surface area contributed by atoms with Gasteiger partial charge in [-0.15, -0.1) is 0 Å². The summed E-state index contributed by atoms with van der Waals surface area (Å²) >= 11 is 0. The maximum Gasteiger partial charge on any atom is 0.320 e. The number of aromatic amines is 1. The third-order valence-electron chi connectivity index (χ3n) is 3.60. The van der Waals surface area contributed by atoms with Crippen LogP contribution in [0.25, 0.3) is 0 Å². The molecule has 0 saturated carbocycles. The molecule has 0 unspecified atom stereocenters. The number of carbonyl (C=O) groups excluding carboxylic acids is 2. The Kier molecular flexibility index (Phi) is 5.02. The molecule has 1 aliphatic rings. The van der Waals surface area contributed by atoms with Gasteiger partial charge in [0.1, 0.15) is 0 Å². The Bertz CT molecular complexity index is 663. The minimum absolute atomic E-state index is 0.00788. The molecule has 8 heteroatoms. The van der Waals surface area contributed by atoms with Crippen LogP contribution < -0.4 is 0 Å². The highest BCUT2D eigenvalue weighted by atomic mass is 32.2. The van der Waals surface area contributed by atoms with Gasteiger partial charge < -0.3 is 9.72 Å². The first kappa shape index (κ1) is 16.7. The van der Waals surface area contributed by atoms with E-state index in [1.165, 1.54) is 0 Å². The number of hydrogen-bond donors (Lipinski definition) is 1. The lowest BCUT2D eigenvalue weighted by Gasteiger charge is -2.25. The van der Waals surface area contributed by atoms with Gasteiger partial charge in [-0.3, -0.25) is 14.5 Å². The lowest BCUT2D eigenvalue weighted by atomic mass is 10.2. The van der Waals surface area contributed by atoms with Crippen molar-refractivity contribution in [3.63, 3.8) is 0 Å². The van der Waals surface area contributed by atoms with E-state index in [4.69, 9.17) is 4.74 Å². The van der Waals surface area contributed by atoms with Crippen LogP contribution in [0.3, 0.4) is 0 Å². The molecule has 0 spiro atoms. The lowest BCUT2D eigenvalue weighted by Crippen LogP contribution is -2.43. The molecule has 122 valence electrons. The molecule has 0 aliphatic carbocycles. The summed E-state index contributed by atoms with van der Waals surface area (Å²) in [6, 6.07) is 1.72. The predicted molar refractivity (Wildman–Crippen MR) is 80.7 cm³/mol. The molecular formula is C14H20N2O5S. The predicted octanol–water partition coefficient (Wildman–Crippen LogP) is 0.0878. The van der Waals surface area contributed by atoms with Crippen LogP contribution in [0.5, 0.6) is 0 Å². The van der Waals surface area contributed by atoms with Gasteiger partial charge in [-0.25, -0.2) is 8.42 Å². The number of aryl methyl sites for hydroxylation is 2. The van der Waals surface area contributed by atoms with Crippen molar-refractivity contribution in [3.05, 3.63) is 23.0 Å². The number of carbonyl (C=O) groups is 2. The maximum absolute atomic E-state index is 12.0. The molecule has 1 aliphatic heterocycles. The van der Waals surface area contributed by atoms with Crippen LogP contribution in [0.4, 0.5) is 0 Å². The van der Waals surface area contributed by atoms with Crippen molar-refractivity contribution >= 4 is 21.6 Å². The molecule has 1 aromatic heterocycles. The Hall–Kier alpha value is -1.67. The van der Waals surface area contributed by atoms with Crippen molar-refractivity contribution in [1.82, 2.24) is 9.88 Å². The van der Waals surface area contributed by atoms with E-state index in [0.717, 1.165) is 11.4 Å². The molecule has 1 N–H and O–H groups in total. The number of esters is 1. The Morgan fingerprint density at radius 2 is 1.91 bits per heavy atom. The van der Waals surface area contributed by atoms with Crippen molar-refractivity contribution in [3.8, 4) is 0 Å². The minimum atomic E-state index is -2.97. The van der Waals surface area contributed by atoms with Gasteiger partial charge in [0, 0.05) is 30.0 Å². The second-order valence-electron chi connectivity index (χ2n) is 5.50. The lowest BCUT2D eigenvalue weighted by molar-refractivity contribution is -0.143. The normalized spacial score (nSPS) is 18.1. The van der Waals surface area contributed by atoms with Crippen LogP contribution in [0.15, 0.2) is 6.07 Å². The van der Waals surface area contributed by atoms with Crippen LogP contribution in [-0.2, 0) is 19.4 Å². The highest BCUT2D eigenvalue weighted by molar-refractivity contribution is 7.91. The number of sulfone groups is 1. The van der Waals surface area contributed by atoms with Gasteiger partial charge in [0.2, 0.25) is 5.78 Å². The number of ether oxygens (including phenoxy) is 1. The van der Waals surface area contributed by atoms with E-state index in [1.807, 2.05) is 6.92 Å². The van der Waals surface area contributed by atoms with E-state index < -0.39 is 15.8 Å². The fraction of sp³-hybridized carbons (Fsp3) is 0.571. The Morgan fingerprint density at radius 1 is 1.27 bits per heavy atom. The molecule has 1 aromatic rings. The summed E-state index contributed by atoms with van der Waals surface area (Å²) in [4.78, 5) is 28.4. The summed E-state index contributed by atoms with van der Waals surface area (Å²) in [6.07, 6.45) is 0. The van der Waals surface area contributed by atoms with Gasteiger partial charge >= 0.3 is 5.97 Å². The monoisotopic (exact) mass is 328 g/mol. The number of aromatic nitrogens is 1. The standard InChI is InChI=1S/C14H20N2O5S/c1-10-7-12(11(2)15-10)13(17)9-21-14(18)8-16-3-5-22(19,20)6-4-16/h7,15H,3-6,8-9H2,1-2H3. The first-order chi connectivity index (χ1) is 10.3. The molecule has 22 heavy (non-hydrogen) atoms. The van der Waals surface area contributed by atoms with E-state index in [0.29, 0.717) is 18.7 Å². The smallest absolute Gasteiger partial charge is 0.320 e. The largest absolute Gasteiger partial charge is 0.456 e. The van der Waals surface area contributed by atoms with Gasteiger partial charge in [-0.2, -0.15) is 0 Å². The zero-order valence-electron chi connectivity index (χ0n) is 12.7. The molecule has 2 heterocycles. The average molecular weight is 328 g/mol. The molecule has 7 nitrogen and oxygen atoms in total. The summed E-state index contributed by atoms with van der Waals surface area (Å²) in [5.74, 6) is -0.656. The summed E-state index contributed by atoms with van der Waals surface area (Å²) in [5.41, 5.74) is 2.15. The molecule has 0 bridgehead atoms. The highest BCUT2D eigenvalue weighted by Gasteiger charge is 2.23. The minimum Gasteiger partial charge on any atom is -0.456 e. The first-order valence-corrected chi connectivity index (χ1v) is 8.87. The van der Waals surface area contributed by atoms with Gasteiger partial charge in [-0.05, 0) is 19.9 Å². The van der Waals surface area contributed by atoms with Crippen molar-refractivity contribution in [2.24, 2.45) is 0 Å². The zero-order chi connectivity index (χ0) is 16.3. The number of nitrogens with one attached hydrogen (secondary N) is 1. The second-order valence-corrected chi connectivity index (χ2v) is 7.81. The Balaban J connectivity index is 1.78. The van der Waals surface area contributed by atoms with Gasteiger partial charge in [-0.1, -0.05) is 0 Å². The van der Waals surface area contributed by atoms with E-state index in [2.05, 4.69) is 4.98 Å². The van der Waals surface area contributed by atoms with Crippen molar-refractivity contribution in [2.45, 2.75) is 13.8 Å². The van der Waals surface area contributed by atoms with Crippen molar-refractivity contribution < 1.29 is 22.7 Å². The summed E-state index contributed by atoms with van der Waals surface area (Å²) in [7, 11) is -2.97. The van der Waals surface area contributed by atoms with Crippen LogP contribution in [0, 0.1) is 13.8 Å². The number of hydrogen-bond acceptors (Lipinski definition) is 6. The molecule has 0 radical (unpaired) electrons. The van der Waals surface area contributed by atoms with Crippen LogP contribution >= 0.6 is 0 Å². The fourth-order valence-electron chi connectivity index (χ4n) is 2.37. The number of ketones is 1. The summed E-state index contributed by atoms with van der Waals surface area (Å²) in [6.45, 7) is 3.98. The molecule has 2 rings (SSSR count). The topological polar surface area (TPSA) is 96.5 Å². The number of rotatable bonds is 5. The molecular weight excluding hydrogens is 308 g/mol. The quantitative estimate of drug-likeness (QED) is 0.608. The Morgan fingerprint density at radius 3 is 2.45 bits per heavy atom. The molecule has 0 atom stereocenters. The van der Waals surface area contributed by atoms with Crippen molar-refractivity contribution in [2.75, 3.05) is 37.7 Å². The van der Waals surface area contributed by atoms with Gasteiger partial charge in [0.05, 0.1) is 18.1 Å². The zero-order valence-corrected chi connectivity index (χ0v) is 13.5. The van der Waals surface area contributed by atoms with Crippen LogP contribution in [0.2, 0.25) is 0 Å². The second kappa shape index (κ2) is 6.62. The molecule has 1 fully saturated rings. The van der Waals surface area contributed by atoms with Gasteiger partial charge in [0.15, 0.2) is 16.4 Å². The number of Topliss-reactive ketones (excluding diaryl/α,β-unsaturated/α-hetero) is 1. The van der Waals surface area contributed by atoms with Gasteiger partial charge in [0.25, 0.3) is 0 Å². The summed E-state index contributed by atoms with van der Waals surface area (Å²) < 4.78 is 27.6. The fourth-order valence-corrected chi connectivity index (χ4v) is 3.65. The van der Waals surface area contributed by atoms with E-state index in [9.17, 15) is 18.0 Å². The van der Waals surface area contributed by atoms with E-state index in [-0.39, 0.29) is 30.4 Å². The highest BCUT2D eigenvalue weighted by Crippen LogP contribution is 2.10. The third kappa shape index (κ3) is 4.41. The number of nitrogens with zero attached hydrogens (tertiary/aromatic N) is 1.